The lowest BCUT2D eigenvalue weighted by molar-refractivity contribution is 0.687. The minimum absolute atomic E-state index is 0.388. The van der Waals surface area contributed by atoms with Crippen molar-refractivity contribution in [3.05, 3.63) is 17.5 Å². The Hall–Kier alpha value is -0.830. The predicted molar refractivity (Wildman–Crippen MR) is 55.0 cm³/mol. The van der Waals surface area contributed by atoms with Crippen LogP contribution in [-0.2, 0) is 0 Å². The molecule has 0 aromatic carbocycles. The maximum atomic E-state index is 5.83. The van der Waals surface area contributed by atoms with Crippen molar-refractivity contribution in [1.82, 2.24) is 9.97 Å². The van der Waals surface area contributed by atoms with E-state index < -0.39 is 0 Å². The fourth-order valence-corrected chi connectivity index (χ4v) is 1.32. The highest BCUT2D eigenvalue weighted by Crippen LogP contribution is 2.15. The van der Waals surface area contributed by atoms with E-state index in [1.807, 2.05) is 0 Å². The van der Waals surface area contributed by atoms with Crippen molar-refractivity contribution in [2.75, 3.05) is 5.32 Å². The summed E-state index contributed by atoms with van der Waals surface area (Å²) in [4.78, 5) is 8.03. The van der Waals surface area contributed by atoms with Gasteiger partial charge >= 0.3 is 0 Å². The first-order valence-electron chi connectivity index (χ1n) is 4.47. The Kier molecular flexibility index (Phi) is 3.96. The molecular formula is C9H14ClN3. The Morgan fingerprint density at radius 3 is 2.77 bits per heavy atom. The van der Waals surface area contributed by atoms with Crippen molar-refractivity contribution >= 4 is 17.4 Å². The molecule has 0 aliphatic carbocycles. The van der Waals surface area contributed by atoms with E-state index >= 15 is 0 Å². The quantitative estimate of drug-likeness (QED) is 0.811. The molecule has 1 aromatic heterocycles. The molecule has 3 nitrogen and oxygen atoms in total. The van der Waals surface area contributed by atoms with Crippen LogP contribution >= 0.6 is 11.6 Å². The van der Waals surface area contributed by atoms with Gasteiger partial charge in [0.2, 0.25) is 0 Å². The number of rotatable bonds is 4. The summed E-state index contributed by atoms with van der Waals surface area (Å²) in [6.45, 7) is 4.25. The van der Waals surface area contributed by atoms with Crippen molar-refractivity contribution in [2.45, 2.75) is 32.7 Å². The van der Waals surface area contributed by atoms with Crippen LogP contribution in [0.1, 0.15) is 26.7 Å². The second-order valence-electron chi connectivity index (χ2n) is 3.03. The van der Waals surface area contributed by atoms with E-state index in [9.17, 15) is 0 Å². The van der Waals surface area contributed by atoms with Crippen molar-refractivity contribution in [2.24, 2.45) is 0 Å². The van der Waals surface area contributed by atoms with Gasteiger partial charge in [0.15, 0.2) is 11.0 Å². The van der Waals surface area contributed by atoms with Crippen LogP contribution in [0, 0.1) is 0 Å². The zero-order valence-corrected chi connectivity index (χ0v) is 8.67. The van der Waals surface area contributed by atoms with Gasteiger partial charge in [-0.3, -0.25) is 0 Å². The molecule has 0 saturated carbocycles. The molecule has 1 aromatic rings. The molecular weight excluding hydrogens is 186 g/mol. The topological polar surface area (TPSA) is 37.8 Å². The lowest BCUT2D eigenvalue weighted by Gasteiger charge is -2.13. The molecule has 0 saturated heterocycles. The van der Waals surface area contributed by atoms with Gasteiger partial charge in [-0.15, -0.1) is 0 Å². The smallest absolute Gasteiger partial charge is 0.171 e. The van der Waals surface area contributed by atoms with Crippen LogP contribution in [0.15, 0.2) is 12.4 Å². The van der Waals surface area contributed by atoms with Crippen LogP contribution in [0.5, 0.6) is 0 Å². The molecule has 0 aliphatic heterocycles. The van der Waals surface area contributed by atoms with Gasteiger partial charge in [0, 0.05) is 18.4 Å². The molecule has 0 aliphatic rings. The van der Waals surface area contributed by atoms with Crippen LogP contribution < -0.4 is 5.32 Å². The first-order chi connectivity index (χ1) is 6.24. The fourth-order valence-electron chi connectivity index (χ4n) is 1.16. The SMILES string of the molecule is CCCC(C)Nc1nccnc1Cl. The Bertz CT molecular complexity index is 265. The second-order valence-corrected chi connectivity index (χ2v) is 3.39. The summed E-state index contributed by atoms with van der Waals surface area (Å²) in [6.07, 6.45) is 5.46. The summed E-state index contributed by atoms with van der Waals surface area (Å²) >= 11 is 5.83. The van der Waals surface area contributed by atoms with Gasteiger partial charge in [0.25, 0.3) is 0 Å². The number of hydrogen-bond donors (Lipinski definition) is 1. The molecule has 13 heavy (non-hydrogen) atoms. The van der Waals surface area contributed by atoms with E-state index in [0.717, 1.165) is 12.8 Å². The van der Waals surface area contributed by atoms with Gasteiger partial charge < -0.3 is 5.32 Å². The van der Waals surface area contributed by atoms with Crippen LogP contribution in [0.4, 0.5) is 5.82 Å². The molecule has 1 unspecified atom stereocenters. The van der Waals surface area contributed by atoms with E-state index in [1.54, 1.807) is 12.4 Å². The van der Waals surface area contributed by atoms with E-state index in [4.69, 9.17) is 11.6 Å². The van der Waals surface area contributed by atoms with Crippen LogP contribution in [0.25, 0.3) is 0 Å². The Morgan fingerprint density at radius 2 is 2.15 bits per heavy atom. The van der Waals surface area contributed by atoms with Crippen molar-refractivity contribution < 1.29 is 0 Å². The molecule has 0 bridgehead atoms. The Balaban J connectivity index is 2.58. The minimum Gasteiger partial charge on any atom is -0.365 e. The summed E-state index contributed by atoms with van der Waals surface area (Å²) < 4.78 is 0. The summed E-state index contributed by atoms with van der Waals surface area (Å²) in [5, 5.41) is 3.64. The molecule has 0 radical (unpaired) electrons. The highest BCUT2D eigenvalue weighted by atomic mass is 35.5. The maximum Gasteiger partial charge on any atom is 0.171 e. The molecule has 4 heteroatoms. The van der Waals surface area contributed by atoms with Gasteiger partial charge in [-0.25, -0.2) is 9.97 Å². The molecule has 1 atom stereocenters. The molecule has 0 fully saturated rings. The monoisotopic (exact) mass is 199 g/mol. The van der Waals surface area contributed by atoms with E-state index in [2.05, 4.69) is 29.1 Å². The number of hydrogen-bond acceptors (Lipinski definition) is 3. The predicted octanol–water partition coefficient (Wildman–Crippen LogP) is 2.73. The first-order valence-corrected chi connectivity index (χ1v) is 4.85. The normalized spacial score (nSPS) is 12.5. The number of halogens is 1. The third-order valence-corrected chi connectivity index (χ3v) is 2.03. The first kappa shape index (κ1) is 10.3. The van der Waals surface area contributed by atoms with E-state index in [0.29, 0.717) is 17.0 Å². The molecule has 1 N–H and O–H groups in total. The third kappa shape index (κ3) is 3.19. The van der Waals surface area contributed by atoms with Gasteiger partial charge in [-0.05, 0) is 13.3 Å². The van der Waals surface area contributed by atoms with Crippen molar-refractivity contribution in [1.29, 1.82) is 0 Å². The number of nitrogens with one attached hydrogen (secondary N) is 1. The Morgan fingerprint density at radius 1 is 1.46 bits per heavy atom. The summed E-state index contributed by atoms with van der Waals surface area (Å²) in [5.74, 6) is 0.671. The fraction of sp³-hybridized carbons (Fsp3) is 0.556. The highest BCUT2D eigenvalue weighted by Gasteiger charge is 2.05. The van der Waals surface area contributed by atoms with Gasteiger partial charge in [0.1, 0.15) is 0 Å². The highest BCUT2D eigenvalue weighted by molar-refractivity contribution is 6.31. The van der Waals surface area contributed by atoms with Crippen LogP contribution in [-0.4, -0.2) is 16.0 Å². The molecule has 0 amide bonds. The minimum atomic E-state index is 0.388. The number of nitrogens with zero attached hydrogens (tertiary/aromatic N) is 2. The number of anilines is 1. The third-order valence-electron chi connectivity index (χ3n) is 1.76. The van der Waals surface area contributed by atoms with Gasteiger partial charge in [0.05, 0.1) is 0 Å². The lowest BCUT2D eigenvalue weighted by atomic mass is 10.2. The lowest BCUT2D eigenvalue weighted by Crippen LogP contribution is -2.15. The molecule has 1 rings (SSSR count). The molecule has 72 valence electrons. The maximum absolute atomic E-state index is 5.83. The van der Waals surface area contributed by atoms with Gasteiger partial charge in [-0.1, -0.05) is 24.9 Å². The zero-order chi connectivity index (χ0) is 9.68. The standard InChI is InChI=1S/C9H14ClN3/c1-3-4-7(2)13-9-8(10)11-5-6-12-9/h5-7H,3-4H2,1-2H3,(H,12,13). The Labute approximate surface area is 83.5 Å². The van der Waals surface area contributed by atoms with E-state index in [1.165, 1.54) is 0 Å². The summed E-state index contributed by atoms with van der Waals surface area (Å²) in [5.41, 5.74) is 0. The second kappa shape index (κ2) is 5.02. The van der Waals surface area contributed by atoms with Crippen LogP contribution in [0.2, 0.25) is 5.15 Å². The number of aromatic nitrogens is 2. The van der Waals surface area contributed by atoms with Crippen molar-refractivity contribution in [3.63, 3.8) is 0 Å². The van der Waals surface area contributed by atoms with Crippen molar-refractivity contribution in [3.8, 4) is 0 Å². The summed E-state index contributed by atoms with van der Waals surface area (Å²) in [6, 6.07) is 0.388. The average molecular weight is 200 g/mol. The zero-order valence-electron chi connectivity index (χ0n) is 7.92. The van der Waals surface area contributed by atoms with Gasteiger partial charge in [-0.2, -0.15) is 0 Å². The molecule has 0 spiro atoms. The largest absolute Gasteiger partial charge is 0.365 e. The van der Waals surface area contributed by atoms with E-state index in [-0.39, 0.29) is 0 Å². The summed E-state index contributed by atoms with van der Waals surface area (Å²) in [7, 11) is 0. The molecule has 1 heterocycles. The average Bonchev–Trinajstić information content (AvgIpc) is 2.09. The van der Waals surface area contributed by atoms with Crippen LogP contribution in [0.3, 0.4) is 0 Å².